The first-order valence-corrected chi connectivity index (χ1v) is 6.40. The number of carbonyl (C=O) groups excluding carboxylic acids is 1. The first-order chi connectivity index (χ1) is 7.94. The number of nitrogens with one attached hydrogen (secondary N) is 1. The van der Waals surface area contributed by atoms with Crippen molar-refractivity contribution in [3.8, 4) is 0 Å². The van der Waals surface area contributed by atoms with Crippen LogP contribution in [0.15, 0.2) is 0 Å². The lowest BCUT2D eigenvalue weighted by atomic mass is 9.90. The van der Waals surface area contributed by atoms with Crippen LogP contribution >= 0.6 is 22.9 Å². The van der Waals surface area contributed by atoms with Crippen molar-refractivity contribution in [2.75, 3.05) is 20.3 Å². The van der Waals surface area contributed by atoms with Gasteiger partial charge in [0.15, 0.2) is 0 Å². The Morgan fingerprint density at radius 2 is 2.24 bits per heavy atom. The fourth-order valence-electron chi connectivity index (χ4n) is 1.16. The standard InChI is InChI=1S/C10H16ClN3O2S/c1-10(2,4-5-16-3)6-12-7(15)8-13-14-9(11)17-8/h4-6H2,1-3H3,(H,12,15). The monoisotopic (exact) mass is 277 g/mol. The highest BCUT2D eigenvalue weighted by atomic mass is 35.5. The second-order valence-corrected chi connectivity index (χ2v) is 6.01. The van der Waals surface area contributed by atoms with E-state index in [2.05, 4.69) is 29.4 Å². The Balaban J connectivity index is 2.42. The van der Waals surface area contributed by atoms with Gasteiger partial charge in [0.2, 0.25) is 9.47 Å². The normalized spacial score (nSPS) is 11.5. The Bertz CT molecular complexity index is 381. The molecule has 0 aliphatic rings. The van der Waals surface area contributed by atoms with E-state index in [9.17, 15) is 4.79 Å². The van der Waals surface area contributed by atoms with Crippen molar-refractivity contribution in [2.45, 2.75) is 20.3 Å². The Morgan fingerprint density at radius 1 is 1.53 bits per heavy atom. The molecule has 1 amide bonds. The number of nitrogens with zero attached hydrogens (tertiary/aromatic N) is 2. The second kappa shape index (κ2) is 6.28. The highest BCUT2D eigenvalue weighted by Crippen LogP contribution is 2.19. The Morgan fingerprint density at radius 3 is 2.76 bits per heavy atom. The van der Waals surface area contributed by atoms with Gasteiger partial charge >= 0.3 is 0 Å². The van der Waals surface area contributed by atoms with Crippen LogP contribution in [0, 0.1) is 5.41 Å². The molecule has 0 spiro atoms. The zero-order chi connectivity index (χ0) is 12.9. The molecule has 17 heavy (non-hydrogen) atoms. The molecule has 0 bridgehead atoms. The van der Waals surface area contributed by atoms with Crippen molar-refractivity contribution in [3.05, 3.63) is 9.47 Å². The van der Waals surface area contributed by atoms with Crippen molar-refractivity contribution < 1.29 is 9.53 Å². The van der Waals surface area contributed by atoms with E-state index in [1.54, 1.807) is 7.11 Å². The third-order valence-electron chi connectivity index (χ3n) is 2.31. The number of hydrogen-bond donors (Lipinski definition) is 1. The molecule has 7 heteroatoms. The molecule has 1 aromatic heterocycles. The summed E-state index contributed by atoms with van der Waals surface area (Å²) in [7, 11) is 1.66. The van der Waals surface area contributed by atoms with Crippen LogP contribution in [-0.2, 0) is 4.74 Å². The van der Waals surface area contributed by atoms with Crippen LogP contribution in [-0.4, -0.2) is 36.4 Å². The van der Waals surface area contributed by atoms with Gasteiger partial charge in [0.25, 0.3) is 5.91 Å². The van der Waals surface area contributed by atoms with E-state index in [0.717, 1.165) is 17.8 Å². The lowest BCUT2D eigenvalue weighted by Gasteiger charge is -2.24. The average molecular weight is 278 g/mol. The van der Waals surface area contributed by atoms with Crippen LogP contribution in [0.1, 0.15) is 30.1 Å². The molecule has 0 unspecified atom stereocenters. The minimum atomic E-state index is -0.236. The summed E-state index contributed by atoms with van der Waals surface area (Å²) in [5.74, 6) is -0.236. The lowest BCUT2D eigenvalue weighted by Crippen LogP contribution is -2.34. The lowest BCUT2D eigenvalue weighted by molar-refractivity contribution is 0.0920. The van der Waals surface area contributed by atoms with Gasteiger partial charge in [-0.3, -0.25) is 4.79 Å². The maximum atomic E-state index is 11.7. The van der Waals surface area contributed by atoms with Crippen molar-refractivity contribution in [2.24, 2.45) is 5.41 Å². The molecule has 0 atom stereocenters. The number of carbonyl (C=O) groups is 1. The van der Waals surface area contributed by atoms with Gasteiger partial charge in [-0.2, -0.15) is 0 Å². The topological polar surface area (TPSA) is 64.1 Å². The van der Waals surface area contributed by atoms with Gasteiger partial charge in [0, 0.05) is 20.3 Å². The Kier molecular flexibility index (Phi) is 5.30. The minimum absolute atomic E-state index is 0.0137. The fraction of sp³-hybridized carbons (Fsp3) is 0.700. The molecular formula is C10H16ClN3O2S. The van der Waals surface area contributed by atoms with Crippen LogP contribution in [0.4, 0.5) is 0 Å². The SMILES string of the molecule is COCCC(C)(C)CNC(=O)c1nnc(Cl)s1. The maximum absolute atomic E-state index is 11.7. The molecule has 0 aromatic carbocycles. The average Bonchev–Trinajstić information content (AvgIpc) is 2.70. The van der Waals surface area contributed by atoms with Crippen LogP contribution < -0.4 is 5.32 Å². The van der Waals surface area contributed by atoms with E-state index < -0.39 is 0 Å². The van der Waals surface area contributed by atoms with Gasteiger partial charge in [-0.05, 0) is 23.4 Å². The van der Waals surface area contributed by atoms with Gasteiger partial charge < -0.3 is 10.1 Å². The molecule has 0 saturated carbocycles. The molecule has 5 nitrogen and oxygen atoms in total. The Labute approximate surface area is 110 Å². The second-order valence-electron chi connectivity index (χ2n) is 4.45. The quantitative estimate of drug-likeness (QED) is 0.864. The van der Waals surface area contributed by atoms with Crippen molar-refractivity contribution in [1.29, 1.82) is 0 Å². The third kappa shape index (κ3) is 4.97. The van der Waals surface area contributed by atoms with E-state index in [1.165, 1.54) is 0 Å². The number of methoxy groups -OCH3 is 1. The molecule has 0 aliphatic heterocycles. The summed E-state index contributed by atoms with van der Waals surface area (Å²) in [6, 6.07) is 0. The van der Waals surface area contributed by atoms with E-state index in [-0.39, 0.29) is 20.8 Å². The van der Waals surface area contributed by atoms with Gasteiger partial charge in [-0.15, -0.1) is 10.2 Å². The number of amides is 1. The summed E-state index contributed by atoms with van der Waals surface area (Å²) < 4.78 is 5.29. The van der Waals surface area contributed by atoms with Gasteiger partial charge in [-0.25, -0.2) is 0 Å². The van der Waals surface area contributed by atoms with Crippen LogP contribution in [0.3, 0.4) is 0 Å². The first kappa shape index (κ1) is 14.3. The van der Waals surface area contributed by atoms with Crippen molar-refractivity contribution in [3.63, 3.8) is 0 Å². The molecule has 0 radical (unpaired) electrons. The summed E-state index contributed by atoms with van der Waals surface area (Å²) in [5, 5.41) is 10.4. The van der Waals surface area contributed by atoms with Gasteiger partial charge in [0.05, 0.1) is 0 Å². The highest BCUT2D eigenvalue weighted by molar-refractivity contribution is 7.17. The van der Waals surface area contributed by atoms with E-state index in [4.69, 9.17) is 16.3 Å². The van der Waals surface area contributed by atoms with Crippen LogP contribution in [0.5, 0.6) is 0 Å². The molecule has 0 fully saturated rings. The molecule has 1 aromatic rings. The highest BCUT2D eigenvalue weighted by Gasteiger charge is 2.20. The first-order valence-electron chi connectivity index (χ1n) is 5.21. The predicted octanol–water partition coefficient (Wildman–Crippen LogP) is 1.98. The summed E-state index contributed by atoms with van der Waals surface area (Å²) in [6.07, 6.45) is 0.876. The number of halogens is 1. The predicted molar refractivity (Wildman–Crippen MR) is 67.5 cm³/mol. The molecule has 0 saturated heterocycles. The summed E-state index contributed by atoms with van der Waals surface area (Å²) in [5.41, 5.74) is -0.0137. The summed E-state index contributed by atoms with van der Waals surface area (Å²) in [6.45, 7) is 5.37. The zero-order valence-electron chi connectivity index (χ0n) is 10.1. The van der Waals surface area contributed by atoms with E-state index in [0.29, 0.717) is 13.2 Å². The Hall–Kier alpha value is -0.720. The fourth-order valence-corrected chi connectivity index (χ4v) is 1.90. The minimum Gasteiger partial charge on any atom is -0.385 e. The molecule has 0 aliphatic carbocycles. The van der Waals surface area contributed by atoms with Gasteiger partial charge in [-0.1, -0.05) is 25.2 Å². The molecule has 1 rings (SSSR count). The number of ether oxygens (including phenoxy) is 1. The van der Waals surface area contributed by atoms with Gasteiger partial charge in [0.1, 0.15) is 0 Å². The summed E-state index contributed by atoms with van der Waals surface area (Å²) in [4.78, 5) is 11.7. The molecule has 96 valence electrons. The number of hydrogen-bond acceptors (Lipinski definition) is 5. The van der Waals surface area contributed by atoms with Crippen molar-refractivity contribution in [1.82, 2.24) is 15.5 Å². The summed E-state index contributed by atoms with van der Waals surface area (Å²) >= 11 is 6.68. The van der Waals surface area contributed by atoms with Crippen LogP contribution in [0.25, 0.3) is 0 Å². The van der Waals surface area contributed by atoms with Crippen LogP contribution in [0.2, 0.25) is 4.47 Å². The number of rotatable bonds is 6. The van der Waals surface area contributed by atoms with E-state index >= 15 is 0 Å². The largest absolute Gasteiger partial charge is 0.385 e. The van der Waals surface area contributed by atoms with E-state index in [1.807, 2.05) is 0 Å². The maximum Gasteiger partial charge on any atom is 0.282 e. The number of aromatic nitrogens is 2. The third-order valence-corrected chi connectivity index (χ3v) is 3.32. The molecule has 1 N–H and O–H groups in total. The molecule has 1 heterocycles. The zero-order valence-corrected chi connectivity index (χ0v) is 11.7. The molecular weight excluding hydrogens is 262 g/mol. The van der Waals surface area contributed by atoms with Crippen molar-refractivity contribution >= 4 is 28.8 Å². The smallest absolute Gasteiger partial charge is 0.282 e.